The third kappa shape index (κ3) is 6.42. The lowest BCUT2D eigenvalue weighted by Crippen LogP contribution is -2.22. The number of unbranched alkanes of at least 4 members (excludes halogenated alkanes) is 1. The summed E-state index contributed by atoms with van der Waals surface area (Å²) in [5.41, 5.74) is 1.27. The molecule has 0 aromatic heterocycles. The Balaban J connectivity index is 2.55. The van der Waals surface area contributed by atoms with Crippen LogP contribution in [0.2, 0.25) is 5.02 Å². The molecule has 2 nitrogen and oxygen atoms in total. The summed E-state index contributed by atoms with van der Waals surface area (Å²) in [4.78, 5) is 0. The van der Waals surface area contributed by atoms with Crippen LogP contribution >= 0.6 is 11.6 Å². The first-order valence-electron chi connectivity index (χ1n) is 7.23. The Morgan fingerprint density at radius 3 is 2.74 bits per heavy atom. The van der Waals surface area contributed by atoms with Crippen molar-refractivity contribution in [1.82, 2.24) is 5.32 Å². The van der Waals surface area contributed by atoms with E-state index in [1.807, 2.05) is 12.1 Å². The van der Waals surface area contributed by atoms with E-state index < -0.39 is 0 Å². The van der Waals surface area contributed by atoms with Crippen LogP contribution in [0, 0.1) is 0 Å². The maximum absolute atomic E-state index is 6.32. The lowest BCUT2D eigenvalue weighted by Gasteiger charge is -2.19. The maximum atomic E-state index is 6.32. The highest BCUT2D eigenvalue weighted by molar-refractivity contribution is 6.31. The van der Waals surface area contributed by atoms with Gasteiger partial charge in [0.1, 0.15) is 0 Å². The molecule has 0 heterocycles. The molecule has 3 heteroatoms. The molecule has 108 valence electrons. The molecule has 1 N–H and O–H groups in total. The molecule has 19 heavy (non-hydrogen) atoms. The van der Waals surface area contributed by atoms with Crippen molar-refractivity contribution >= 4 is 11.6 Å². The van der Waals surface area contributed by atoms with Crippen molar-refractivity contribution in [1.29, 1.82) is 0 Å². The molecule has 1 atom stereocenters. The molecule has 0 bridgehead atoms. The monoisotopic (exact) mass is 283 g/mol. The Morgan fingerprint density at radius 1 is 1.26 bits per heavy atom. The molecule has 0 spiro atoms. The van der Waals surface area contributed by atoms with Crippen LogP contribution in [0.3, 0.4) is 0 Å². The van der Waals surface area contributed by atoms with E-state index in [9.17, 15) is 0 Å². The second-order valence-corrected chi connectivity index (χ2v) is 5.32. The molecule has 0 amide bonds. The number of rotatable bonds is 10. The fourth-order valence-electron chi connectivity index (χ4n) is 2.26. The normalized spacial score (nSPS) is 12.6. The highest BCUT2D eigenvalue weighted by Crippen LogP contribution is 2.28. The first-order chi connectivity index (χ1) is 9.29. The summed E-state index contributed by atoms with van der Waals surface area (Å²) in [7, 11) is 1.76. The number of benzene rings is 1. The van der Waals surface area contributed by atoms with Gasteiger partial charge in [0, 0.05) is 25.3 Å². The van der Waals surface area contributed by atoms with Crippen molar-refractivity contribution < 1.29 is 4.74 Å². The van der Waals surface area contributed by atoms with Gasteiger partial charge in [0.05, 0.1) is 0 Å². The van der Waals surface area contributed by atoms with E-state index in [4.69, 9.17) is 16.3 Å². The summed E-state index contributed by atoms with van der Waals surface area (Å²) in [6, 6.07) is 8.20. The van der Waals surface area contributed by atoms with Crippen LogP contribution < -0.4 is 5.32 Å². The van der Waals surface area contributed by atoms with E-state index in [-0.39, 0.29) is 0 Å². The van der Waals surface area contributed by atoms with Crippen LogP contribution in [0.25, 0.3) is 0 Å². The predicted octanol–water partition coefficient (Wildman–Crippen LogP) is 4.24. The van der Waals surface area contributed by atoms with Gasteiger partial charge in [0.25, 0.3) is 0 Å². The molecule has 1 aromatic rings. The maximum Gasteiger partial charge on any atom is 0.0462 e. The Labute approximate surface area is 122 Å². The van der Waals surface area contributed by atoms with Crippen molar-refractivity contribution in [3.05, 3.63) is 34.9 Å². The summed E-state index contributed by atoms with van der Waals surface area (Å²) in [6.07, 6.45) is 4.62. The number of nitrogens with one attached hydrogen (secondary N) is 1. The number of halogens is 1. The van der Waals surface area contributed by atoms with Gasteiger partial charge in [-0.2, -0.15) is 0 Å². The highest BCUT2D eigenvalue weighted by Gasteiger charge is 2.13. The zero-order valence-corrected chi connectivity index (χ0v) is 12.9. The summed E-state index contributed by atoms with van der Waals surface area (Å²) in [5, 5.41) is 4.40. The Hall–Kier alpha value is -0.570. The minimum absolute atomic E-state index is 0.497. The zero-order valence-electron chi connectivity index (χ0n) is 12.1. The first kappa shape index (κ1) is 16.5. The topological polar surface area (TPSA) is 21.3 Å². The van der Waals surface area contributed by atoms with Crippen LogP contribution in [0.5, 0.6) is 0 Å². The second-order valence-electron chi connectivity index (χ2n) is 4.91. The van der Waals surface area contributed by atoms with Crippen molar-refractivity contribution in [3.8, 4) is 0 Å². The van der Waals surface area contributed by atoms with E-state index in [1.54, 1.807) is 7.11 Å². The number of methoxy groups -OCH3 is 1. The Kier molecular flexibility index (Phi) is 8.89. The molecule has 1 rings (SSSR count). The number of ether oxygens (including phenoxy) is 1. The minimum atomic E-state index is 0.497. The SMILES string of the molecule is CCCNCC(CCCCOC)c1ccccc1Cl. The van der Waals surface area contributed by atoms with Crippen molar-refractivity contribution in [3.63, 3.8) is 0 Å². The molecule has 0 radical (unpaired) electrons. The molecular formula is C16H26ClNO. The van der Waals surface area contributed by atoms with Crippen LogP contribution in [0.15, 0.2) is 24.3 Å². The van der Waals surface area contributed by atoms with Crippen molar-refractivity contribution in [2.45, 2.75) is 38.5 Å². The highest BCUT2D eigenvalue weighted by atomic mass is 35.5. The summed E-state index contributed by atoms with van der Waals surface area (Å²) < 4.78 is 5.11. The van der Waals surface area contributed by atoms with Crippen LogP contribution in [-0.2, 0) is 4.74 Å². The zero-order chi connectivity index (χ0) is 13.9. The largest absolute Gasteiger partial charge is 0.385 e. The quantitative estimate of drug-likeness (QED) is 0.649. The Bertz CT molecular complexity index is 343. The van der Waals surface area contributed by atoms with Crippen molar-refractivity contribution in [2.75, 3.05) is 26.8 Å². The van der Waals surface area contributed by atoms with Gasteiger partial charge >= 0.3 is 0 Å². The average Bonchev–Trinajstić information content (AvgIpc) is 2.42. The predicted molar refractivity (Wildman–Crippen MR) is 83.1 cm³/mol. The summed E-state index contributed by atoms with van der Waals surface area (Å²) >= 11 is 6.32. The molecule has 0 fully saturated rings. The average molecular weight is 284 g/mol. The lowest BCUT2D eigenvalue weighted by atomic mass is 9.93. The van der Waals surface area contributed by atoms with E-state index >= 15 is 0 Å². The third-order valence-corrected chi connectivity index (χ3v) is 3.66. The first-order valence-corrected chi connectivity index (χ1v) is 7.61. The summed E-state index contributed by atoms with van der Waals surface area (Å²) in [5.74, 6) is 0.497. The van der Waals surface area contributed by atoms with Crippen LogP contribution in [0.1, 0.15) is 44.1 Å². The van der Waals surface area contributed by atoms with Crippen LogP contribution in [-0.4, -0.2) is 26.8 Å². The van der Waals surface area contributed by atoms with Gasteiger partial charge in [-0.25, -0.2) is 0 Å². The van der Waals surface area contributed by atoms with Crippen LogP contribution in [0.4, 0.5) is 0 Å². The smallest absolute Gasteiger partial charge is 0.0462 e. The van der Waals surface area contributed by atoms with E-state index in [2.05, 4.69) is 24.4 Å². The van der Waals surface area contributed by atoms with Gasteiger partial charge in [-0.1, -0.05) is 43.1 Å². The van der Waals surface area contributed by atoms with Gasteiger partial charge in [-0.15, -0.1) is 0 Å². The van der Waals surface area contributed by atoms with Gasteiger partial charge in [0.2, 0.25) is 0 Å². The molecule has 1 unspecified atom stereocenters. The lowest BCUT2D eigenvalue weighted by molar-refractivity contribution is 0.191. The standard InChI is InChI=1S/C16H26ClNO/c1-3-11-18-13-14(8-6-7-12-19-2)15-9-4-5-10-16(15)17/h4-5,9-10,14,18H,3,6-8,11-13H2,1-2H3. The van der Waals surface area contributed by atoms with E-state index in [0.29, 0.717) is 5.92 Å². The van der Waals surface area contributed by atoms with E-state index in [0.717, 1.165) is 37.6 Å². The molecule has 0 aliphatic carbocycles. The molecule has 0 aliphatic rings. The van der Waals surface area contributed by atoms with E-state index in [1.165, 1.54) is 18.4 Å². The Morgan fingerprint density at radius 2 is 2.05 bits per heavy atom. The fraction of sp³-hybridized carbons (Fsp3) is 0.625. The second kappa shape index (κ2) is 10.2. The molecule has 0 saturated carbocycles. The minimum Gasteiger partial charge on any atom is -0.385 e. The number of hydrogen-bond acceptors (Lipinski definition) is 2. The fourth-order valence-corrected chi connectivity index (χ4v) is 2.55. The molecule has 0 saturated heterocycles. The number of hydrogen-bond donors (Lipinski definition) is 1. The van der Waals surface area contributed by atoms with Gasteiger partial charge in [-0.3, -0.25) is 0 Å². The van der Waals surface area contributed by atoms with Gasteiger partial charge in [-0.05, 0) is 43.4 Å². The van der Waals surface area contributed by atoms with Gasteiger partial charge < -0.3 is 10.1 Å². The third-order valence-electron chi connectivity index (χ3n) is 3.31. The van der Waals surface area contributed by atoms with Crippen molar-refractivity contribution in [2.24, 2.45) is 0 Å². The molecule has 1 aromatic carbocycles. The molecule has 0 aliphatic heterocycles. The molecular weight excluding hydrogens is 258 g/mol. The summed E-state index contributed by atoms with van der Waals surface area (Å²) in [6.45, 7) is 5.11. The van der Waals surface area contributed by atoms with Gasteiger partial charge in [0.15, 0.2) is 0 Å².